The molecule has 1 aliphatic carbocycles. The fourth-order valence-corrected chi connectivity index (χ4v) is 2.98. The van der Waals surface area contributed by atoms with Crippen molar-refractivity contribution in [3.05, 3.63) is 65.7 Å². The number of amides is 2. The van der Waals surface area contributed by atoms with Gasteiger partial charge in [0.15, 0.2) is 5.69 Å². The fourth-order valence-electron chi connectivity index (χ4n) is 2.98. The van der Waals surface area contributed by atoms with E-state index < -0.39 is 0 Å². The number of rotatable bonds is 5. The summed E-state index contributed by atoms with van der Waals surface area (Å²) < 4.78 is 1.66. The molecular formula is C21H22N4O2. The number of hydrogen-bond donors (Lipinski definition) is 2. The number of anilines is 1. The Morgan fingerprint density at radius 1 is 1.07 bits per heavy atom. The van der Waals surface area contributed by atoms with Gasteiger partial charge in [-0.15, -0.1) is 0 Å². The first-order chi connectivity index (χ1) is 13.0. The van der Waals surface area contributed by atoms with E-state index >= 15 is 0 Å². The molecule has 0 spiro atoms. The van der Waals surface area contributed by atoms with Gasteiger partial charge in [0.25, 0.3) is 11.8 Å². The molecule has 1 saturated carbocycles. The summed E-state index contributed by atoms with van der Waals surface area (Å²) in [6, 6.07) is 13.4. The Hall–Kier alpha value is -3.15. The lowest BCUT2D eigenvalue weighted by atomic mass is 10.0. The molecule has 2 heterocycles. The topological polar surface area (TPSA) is 75.5 Å². The molecule has 4 rings (SSSR count). The van der Waals surface area contributed by atoms with Gasteiger partial charge in [0.1, 0.15) is 0 Å². The number of aromatic nitrogens is 2. The molecule has 6 heteroatoms. The predicted molar refractivity (Wildman–Crippen MR) is 104 cm³/mol. The summed E-state index contributed by atoms with van der Waals surface area (Å²) in [5.41, 5.74) is 2.75. The summed E-state index contributed by atoms with van der Waals surface area (Å²) in [5, 5.41) is 5.80. The Morgan fingerprint density at radius 3 is 2.48 bits per heavy atom. The second kappa shape index (κ2) is 6.87. The van der Waals surface area contributed by atoms with Crippen LogP contribution >= 0.6 is 0 Å². The van der Waals surface area contributed by atoms with Crippen molar-refractivity contribution >= 4 is 23.0 Å². The van der Waals surface area contributed by atoms with Crippen LogP contribution in [0, 0.1) is 0 Å². The van der Waals surface area contributed by atoms with E-state index in [0.717, 1.165) is 12.8 Å². The molecule has 0 aliphatic heterocycles. The zero-order chi connectivity index (χ0) is 19.0. The molecular weight excluding hydrogens is 340 g/mol. The average Bonchev–Trinajstić information content (AvgIpc) is 3.38. The first-order valence-electron chi connectivity index (χ1n) is 9.22. The highest BCUT2D eigenvalue weighted by Gasteiger charge is 2.27. The lowest BCUT2D eigenvalue weighted by Gasteiger charge is -2.07. The summed E-state index contributed by atoms with van der Waals surface area (Å²) in [5.74, 6) is 0.0812. The predicted octanol–water partition coefficient (Wildman–Crippen LogP) is 3.60. The molecule has 3 aromatic rings. The minimum absolute atomic E-state index is 0.227. The molecule has 138 valence electrons. The van der Waals surface area contributed by atoms with E-state index in [1.165, 1.54) is 5.56 Å². The van der Waals surface area contributed by atoms with Gasteiger partial charge in [-0.25, -0.2) is 4.98 Å². The Labute approximate surface area is 157 Å². The standard InChI is InChI=1S/C21H22N4O2/c1-13(2)14-6-8-15(9-7-14)22-20(26)18-17-5-3-4-12-25(17)19(24-18)21(27)23-16-10-11-16/h3-9,12-13,16H,10-11H2,1-2H3,(H,22,26)(H,23,27). The van der Waals surface area contributed by atoms with Crippen LogP contribution < -0.4 is 10.6 Å². The Bertz CT molecular complexity index is 1000. The molecule has 2 amide bonds. The zero-order valence-electron chi connectivity index (χ0n) is 15.4. The fraction of sp³-hybridized carbons (Fsp3) is 0.286. The van der Waals surface area contributed by atoms with Crippen LogP contribution in [0.25, 0.3) is 5.52 Å². The quantitative estimate of drug-likeness (QED) is 0.728. The summed E-state index contributed by atoms with van der Waals surface area (Å²) in [4.78, 5) is 29.6. The number of pyridine rings is 1. The van der Waals surface area contributed by atoms with Crippen LogP contribution in [0.3, 0.4) is 0 Å². The van der Waals surface area contributed by atoms with Crippen molar-refractivity contribution in [2.24, 2.45) is 0 Å². The number of imidazole rings is 1. The number of carbonyl (C=O) groups excluding carboxylic acids is 2. The van der Waals surface area contributed by atoms with Crippen molar-refractivity contribution < 1.29 is 9.59 Å². The van der Waals surface area contributed by atoms with Crippen molar-refractivity contribution in [1.82, 2.24) is 14.7 Å². The van der Waals surface area contributed by atoms with Crippen molar-refractivity contribution in [1.29, 1.82) is 0 Å². The first-order valence-corrected chi connectivity index (χ1v) is 9.22. The maximum atomic E-state index is 12.8. The normalized spacial score (nSPS) is 13.7. The molecule has 1 fully saturated rings. The Balaban J connectivity index is 1.62. The molecule has 0 radical (unpaired) electrons. The van der Waals surface area contributed by atoms with E-state index in [0.29, 0.717) is 17.1 Å². The van der Waals surface area contributed by atoms with Crippen LogP contribution in [0.1, 0.15) is 59.3 Å². The van der Waals surface area contributed by atoms with Crippen molar-refractivity contribution in [2.45, 2.75) is 38.6 Å². The highest BCUT2D eigenvalue weighted by atomic mass is 16.2. The maximum Gasteiger partial charge on any atom is 0.287 e. The molecule has 2 N–H and O–H groups in total. The summed E-state index contributed by atoms with van der Waals surface area (Å²) >= 11 is 0. The van der Waals surface area contributed by atoms with Gasteiger partial charge in [0.2, 0.25) is 5.82 Å². The number of nitrogens with zero attached hydrogens (tertiary/aromatic N) is 2. The third kappa shape index (κ3) is 3.56. The highest BCUT2D eigenvalue weighted by molar-refractivity contribution is 6.09. The van der Waals surface area contributed by atoms with Crippen LogP contribution in [0.15, 0.2) is 48.7 Å². The molecule has 2 aromatic heterocycles. The van der Waals surface area contributed by atoms with Crippen molar-refractivity contribution in [3.8, 4) is 0 Å². The minimum Gasteiger partial charge on any atom is -0.347 e. The SMILES string of the molecule is CC(C)c1ccc(NC(=O)c2nc(C(=O)NC3CC3)n3ccccc23)cc1. The lowest BCUT2D eigenvalue weighted by molar-refractivity contribution is 0.0940. The average molecular weight is 362 g/mol. The van der Waals surface area contributed by atoms with Gasteiger partial charge in [-0.2, -0.15) is 0 Å². The van der Waals surface area contributed by atoms with E-state index in [1.807, 2.05) is 36.4 Å². The van der Waals surface area contributed by atoms with E-state index in [4.69, 9.17) is 0 Å². The van der Waals surface area contributed by atoms with Gasteiger partial charge in [-0.05, 0) is 48.6 Å². The second-order valence-corrected chi connectivity index (χ2v) is 7.22. The zero-order valence-corrected chi connectivity index (χ0v) is 15.4. The van der Waals surface area contributed by atoms with Crippen LogP contribution in [-0.2, 0) is 0 Å². The van der Waals surface area contributed by atoms with Gasteiger partial charge in [0, 0.05) is 17.9 Å². The van der Waals surface area contributed by atoms with Crippen LogP contribution in [0.5, 0.6) is 0 Å². The van der Waals surface area contributed by atoms with Gasteiger partial charge < -0.3 is 10.6 Å². The second-order valence-electron chi connectivity index (χ2n) is 7.22. The molecule has 27 heavy (non-hydrogen) atoms. The molecule has 0 bridgehead atoms. The number of hydrogen-bond acceptors (Lipinski definition) is 3. The molecule has 1 aliphatic rings. The Kier molecular flexibility index (Phi) is 4.39. The van der Waals surface area contributed by atoms with E-state index in [2.05, 4.69) is 29.5 Å². The third-order valence-electron chi connectivity index (χ3n) is 4.71. The minimum atomic E-state index is -0.332. The number of carbonyl (C=O) groups is 2. The number of nitrogens with one attached hydrogen (secondary N) is 2. The van der Waals surface area contributed by atoms with E-state index in [-0.39, 0.29) is 29.4 Å². The first kappa shape index (κ1) is 17.3. The van der Waals surface area contributed by atoms with Gasteiger partial charge in [0.05, 0.1) is 5.52 Å². The monoisotopic (exact) mass is 362 g/mol. The largest absolute Gasteiger partial charge is 0.347 e. The smallest absolute Gasteiger partial charge is 0.287 e. The van der Waals surface area contributed by atoms with Crippen molar-refractivity contribution in [2.75, 3.05) is 5.32 Å². The summed E-state index contributed by atoms with van der Waals surface area (Å²) in [6.07, 6.45) is 3.74. The molecule has 1 aromatic carbocycles. The molecule has 0 unspecified atom stereocenters. The third-order valence-corrected chi connectivity index (χ3v) is 4.71. The maximum absolute atomic E-state index is 12.8. The number of benzene rings is 1. The lowest BCUT2D eigenvalue weighted by Crippen LogP contribution is -2.27. The molecule has 6 nitrogen and oxygen atoms in total. The molecule has 0 saturated heterocycles. The van der Waals surface area contributed by atoms with E-state index in [1.54, 1.807) is 16.7 Å². The summed E-state index contributed by atoms with van der Waals surface area (Å²) in [7, 11) is 0. The van der Waals surface area contributed by atoms with Gasteiger partial charge >= 0.3 is 0 Å². The number of fused-ring (bicyclic) bond motifs is 1. The van der Waals surface area contributed by atoms with Gasteiger partial charge in [-0.1, -0.05) is 32.0 Å². The molecule has 0 atom stereocenters. The van der Waals surface area contributed by atoms with E-state index in [9.17, 15) is 9.59 Å². The van der Waals surface area contributed by atoms with Gasteiger partial charge in [-0.3, -0.25) is 14.0 Å². The van der Waals surface area contributed by atoms with Crippen molar-refractivity contribution in [3.63, 3.8) is 0 Å². The highest BCUT2D eigenvalue weighted by Crippen LogP contribution is 2.21. The summed E-state index contributed by atoms with van der Waals surface area (Å²) in [6.45, 7) is 4.25. The van der Waals surface area contributed by atoms with Crippen LogP contribution in [-0.4, -0.2) is 27.2 Å². The Morgan fingerprint density at radius 2 is 1.81 bits per heavy atom. The van der Waals surface area contributed by atoms with Crippen LogP contribution in [0.4, 0.5) is 5.69 Å². The van der Waals surface area contributed by atoms with Crippen LogP contribution in [0.2, 0.25) is 0 Å².